The molecule has 2 aliphatic carbocycles. The third-order valence-electron chi connectivity index (χ3n) is 7.93. The van der Waals surface area contributed by atoms with Gasteiger partial charge in [0.2, 0.25) is 0 Å². The number of aromatic nitrogens is 2. The summed E-state index contributed by atoms with van der Waals surface area (Å²) in [5, 5.41) is 1.23. The highest BCUT2D eigenvalue weighted by atomic mass is 32.2. The normalized spacial score (nSPS) is 21.0. The molecule has 168 valence electrons. The number of sulfone groups is 1. The zero-order chi connectivity index (χ0) is 21.9. The fraction of sp³-hybridized carbons (Fsp3) is 0.480. The van der Waals surface area contributed by atoms with Crippen molar-refractivity contribution in [2.45, 2.75) is 43.0 Å². The van der Waals surface area contributed by atoms with Crippen molar-refractivity contribution in [3.8, 4) is 0 Å². The first-order chi connectivity index (χ1) is 15.4. The van der Waals surface area contributed by atoms with Gasteiger partial charge in [-0.15, -0.1) is 0 Å². The van der Waals surface area contributed by atoms with E-state index in [1.54, 1.807) is 12.1 Å². The van der Waals surface area contributed by atoms with Crippen molar-refractivity contribution in [3.63, 3.8) is 0 Å². The van der Waals surface area contributed by atoms with E-state index in [1.165, 1.54) is 43.7 Å². The number of fused-ring (bicyclic) bond motifs is 1. The lowest BCUT2D eigenvalue weighted by Crippen LogP contribution is -2.46. The van der Waals surface area contributed by atoms with Gasteiger partial charge in [-0.1, -0.05) is 6.42 Å². The first kappa shape index (κ1) is 20.1. The molecule has 0 N–H and O–H groups in total. The van der Waals surface area contributed by atoms with Crippen molar-refractivity contribution in [3.05, 3.63) is 48.7 Å². The summed E-state index contributed by atoms with van der Waals surface area (Å²) < 4.78 is 25.8. The van der Waals surface area contributed by atoms with Gasteiger partial charge < -0.3 is 14.4 Å². The molecule has 1 aliphatic heterocycles. The second-order valence-electron chi connectivity index (χ2n) is 9.96. The molecule has 3 fully saturated rings. The number of hydrogen-bond donors (Lipinski definition) is 0. The van der Waals surface area contributed by atoms with E-state index in [9.17, 15) is 8.42 Å². The first-order valence-electron chi connectivity index (χ1n) is 11.7. The first-order valence-corrected chi connectivity index (χ1v) is 13.6. The van der Waals surface area contributed by atoms with E-state index in [4.69, 9.17) is 4.98 Å². The van der Waals surface area contributed by atoms with Gasteiger partial charge >= 0.3 is 0 Å². The lowest BCUT2D eigenvalue weighted by molar-refractivity contribution is -0.0158. The summed E-state index contributed by atoms with van der Waals surface area (Å²) in [4.78, 5) is 10.1. The monoisotopic (exact) mass is 450 g/mol. The molecule has 2 aromatic heterocycles. The summed E-state index contributed by atoms with van der Waals surface area (Å²) in [6.45, 7) is 3.59. The molecule has 32 heavy (non-hydrogen) atoms. The van der Waals surface area contributed by atoms with Crippen molar-refractivity contribution in [2.24, 2.45) is 5.41 Å². The molecule has 3 aromatic rings. The molecule has 6 nitrogen and oxygen atoms in total. The molecule has 3 aliphatic rings. The Labute approximate surface area is 189 Å². The van der Waals surface area contributed by atoms with Gasteiger partial charge in [0.15, 0.2) is 9.84 Å². The minimum atomic E-state index is -3.16. The van der Waals surface area contributed by atoms with Gasteiger partial charge in [0.1, 0.15) is 11.5 Å². The second-order valence-corrected chi connectivity index (χ2v) is 12.0. The van der Waals surface area contributed by atoms with E-state index in [1.807, 2.05) is 12.1 Å². The van der Waals surface area contributed by atoms with Crippen LogP contribution in [0.3, 0.4) is 0 Å². The Bertz CT molecular complexity index is 1240. The van der Waals surface area contributed by atoms with Crippen LogP contribution in [0, 0.1) is 5.41 Å². The topological polar surface area (TPSA) is 58.4 Å². The Morgan fingerprint density at radius 2 is 1.59 bits per heavy atom. The summed E-state index contributed by atoms with van der Waals surface area (Å²) in [6.07, 6.45) is 10.4. The molecule has 2 saturated carbocycles. The molecule has 1 aromatic carbocycles. The third-order valence-corrected chi connectivity index (χ3v) is 9.06. The minimum Gasteiger partial charge on any atom is -0.368 e. The maximum Gasteiger partial charge on any atom is 0.175 e. The van der Waals surface area contributed by atoms with Crippen LogP contribution in [-0.2, 0) is 9.84 Å². The number of anilines is 2. The zero-order valence-electron chi connectivity index (χ0n) is 18.6. The maximum atomic E-state index is 11.7. The molecule has 0 unspecified atom stereocenters. The maximum absolute atomic E-state index is 11.7. The van der Waals surface area contributed by atoms with Crippen LogP contribution in [0.25, 0.3) is 11.0 Å². The van der Waals surface area contributed by atoms with E-state index in [2.05, 4.69) is 38.8 Å². The van der Waals surface area contributed by atoms with E-state index in [0.29, 0.717) is 16.4 Å². The van der Waals surface area contributed by atoms with Gasteiger partial charge in [0.25, 0.3) is 0 Å². The summed E-state index contributed by atoms with van der Waals surface area (Å²) in [5.74, 6) is 1.06. The lowest BCUT2D eigenvalue weighted by Gasteiger charge is -2.54. The molecular weight excluding hydrogens is 420 g/mol. The second kappa shape index (κ2) is 7.24. The van der Waals surface area contributed by atoms with E-state index >= 15 is 0 Å². The molecule has 1 saturated heterocycles. The summed E-state index contributed by atoms with van der Waals surface area (Å²) in [7, 11) is -3.16. The summed E-state index contributed by atoms with van der Waals surface area (Å²) in [5.41, 5.74) is 2.86. The average molecular weight is 451 g/mol. The predicted octanol–water partition coefficient (Wildman–Crippen LogP) is 4.27. The lowest BCUT2D eigenvalue weighted by atomic mass is 9.54. The minimum absolute atomic E-state index is 0.370. The van der Waals surface area contributed by atoms with Crippen LogP contribution in [0.15, 0.2) is 53.6 Å². The van der Waals surface area contributed by atoms with Gasteiger partial charge in [-0.2, -0.15) is 0 Å². The van der Waals surface area contributed by atoms with Crippen molar-refractivity contribution < 1.29 is 8.42 Å². The Balaban J connectivity index is 1.15. The Kier molecular flexibility index (Phi) is 4.54. The fourth-order valence-corrected chi connectivity index (χ4v) is 6.44. The van der Waals surface area contributed by atoms with Crippen molar-refractivity contribution in [2.75, 3.05) is 42.2 Å². The molecule has 0 atom stereocenters. The quantitative estimate of drug-likeness (QED) is 0.594. The van der Waals surface area contributed by atoms with Gasteiger partial charge in [-0.3, -0.25) is 0 Å². The highest BCUT2D eigenvalue weighted by Gasteiger charge is 2.48. The molecule has 7 heteroatoms. The molecule has 0 amide bonds. The van der Waals surface area contributed by atoms with Crippen LogP contribution in [0.1, 0.15) is 38.1 Å². The number of rotatable bonds is 4. The van der Waals surface area contributed by atoms with Crippen molar-refractivity contribution in [1.29, 1.82) is 0 Å². The number of benzene rings is 1. The summed E-state index contributed by atoms with van der Waals surface area (Å²) >= 11 is 0. The Hall–Kier alpha value is -2.54. The predicted molar refractivity (Wildman–Crippen MR) is 128 cm³/mol. The molecule has 6 rings (SSSR count). The molecule has 3 heterocycles. The fourth-order valence-electron chi connectivity index (χ4n) is 5.81. The largest absolute Gasteiger partial charge is 0.368 e. The number of hydrogen-bond acceptors (Lipinski definition) is 5. The number of nitrogens with zero attached hydrogens (tertiary/aromatic N) is 4. The van der Waals surface area contributed by atoms with Crippen LogP contribution >= 0.6 is 0 Å². The highest BCUT2D eigenvalue weighted by molar-refractivity contribution is 7.90. The standard InChI is InChI=1S/C25H30N4O2S/c1-32(30,31)22-6-4-20(5-7-22)27-13-15-28(16-14-27)23-8-3-19-9-12-29(24(19)26-23)21-17-25(18-21)10-2-11-25/h3-9,12,21H,2,10-11,13-18H2,1H3. The van der Waals surface area contributed by atoms with Crippen LogP contribution in [0.2, 0.25) is 0 Å². The molecule has 1 spiro atoms. The highest BCUT2D eigenvalue weighted by Crippen LogP contribution is 2.60. The third kappa shape index (κ3) is 3.38. The number of pyridine rings is 1. The van der Waals surface area contributed by atoms with E-state index in [0.717, 1.165) is 43.3 Å². The SMILES string of the molecule is CS(=O)(=O)c1ccc(N2CCN(c3ccc4ccn(C5CC6(CCC6)C5)c4n3)CC2)cc1. The van der Waals surface area contributed by atoms with Crippen LogP contribution in [0.5, 0.6) is 0 Å². The smallest absolute Gasteiger partial charge is 0.175 e. The van der Waals surface area contributed by atoms with Gasteiger partial charge in [-0.05, 0) is 73.6 Å². The average Bonchev–Trinajstić information content (AvgIpc) is 3.14. The van der Waals surface area contributed by atoms with Crippen molar-refractivity contribution in [1.82, 2.24) is 9.55 Å². The molecular formula is C25H30N4O2S. The number of piperazine rings is 1. The van der Waals surface area contributed by atoms with Gasteiger partial charge in [-0.25, -0.2) is 13.4 Å². The van der Waals surface area contributed by atoms with E-state index in [-0.39, 0.29) is 0 Å². The van der Waals surface area contributed by atoms with Crippen LogP contribution in [0.4, 0.5) is 11.5 Å². The van der Waals surface area contributed by atoms with E-state index < -0.39 is 9.84 Å². The van der Waals surface area contributed by atoms with Crippen LogP contribution in [-0.4, -0.2) is 50.4 Å². The van der Waals surface area contributed by atoms with Gasteiger partial charge in [0.05, 0.1) is 4.90 Å². The Morgan fingerprint density at radius 1 is 0.906 bits per heavy atom. The molecule has 0 bridgehead atoms. The van der Waals surface area contributed by atoms with Crippen molar-refractivity contribution >= 4 is 32.4 Å². The zero-order valence-corrected chi connectivity index (χ0v) is 19.4. The summed E-state index contributed by atoms with van der Waals surface area (Å²) in [6, 6.07) is 14.4. The van der Waals surface area contributed by atoms with Crippen LogP contribution < -0.4 is 9.80 Å². The van der Waals surface area contributed by atoms with Gasteiger partial charge in [0, 0.05) is 55.7 Å². The molecule has 0 radical (unpaired) electrons. The Morgan fingerprint density at radius 3 is 2.22 bits per heavy atom.